The van der Waals surface area contributed by atoms with E-state index in [0.717, 1.165) is 56.3 Å². The summed E-state index contributed by atoms with van der Waals surface area (Å²) in [5.41, 5.74) is 4.26. The molecule has 0 radical (unpaired) electrons. The Kier molecular flexibility index (Phi) is 8.31. The highest BCUT2D eigenvalue weighted by molar-refractivity contribution is 6.00. The van der Waals surface area contributed by atoms with Gasteiger partial charge < -0.3 is 14.1 Å². The smallest absolute Gasteiger partial charge is 0.258 e. The lowest BCUT2D eigenvalue weighted by atomic mass is 9.69. The van der Waals surface area contributed by atoms with Gasteiger partial charge in [-0.3, -0.25) is 9.59 Å². The van der Waals surface area contributed by atoms with Crippen LogP contribution in [0.5, 0.6) is 5.75 Å². The fraction of sp³-hybridized carbons (Fsp3) is 0.455. The van der Waals surface area contributed by atoms with E-state index in [2.05, 4.69) is 37.3 Å². The molecule has 0 spiro atoms. The minimum Gasteiger partial charge on any atom is -0.493 e. The highest BCUT2D eigenvalue weighted by Gasteiger charge is 2.38. The summed E-state index contributed by atoms with van der Waals surface area (Å²) in [7, 11) is 0. The normalized spacial score (nSPS) is 20.8. The number of nitrogens with zero attached hydrogens (tertiary/aromatic N) is 1. The van der Waals surface area contributed by atoms with Crippen LogP contribution in [0.4, 0.5) is 0 Å². The van der Waals surface area contributed by atoms with Gasteiger partial charge in [-0.1, -0.05) is 49.7 Å². The second-order valence-electron chi connectivity index (χ2n) is 10.9. The molecule has 2 heterocycles. The van der Waals surface area contributed by atoms with Crippen molar-refractivity contribution in [3.63, 3.8) is 0 Å². The maximum Gasteiger partial charge on any atom is 0.258 e. The molecule has 0 N–H and O–H groups in total. The summed E-state index contributed by atoms with van der Waals surface area (Å²) in [6.45, 7) is 5.23. The van der Waals surface area contributed by atoms with Gasteiger partial charge >= 0.3 is 0 Å². The summed E-state index contributed by atoms with van der Waals surface area (Å²) >= 11 is 0. The number of amides is 1. The van der Waals surface area contributed by atoms with Crippen LogP contribution in [0, 0.1) is 11.8 Å². The summed E-state index contributed by atoms with van der Waals surface area (Å²) in [4.78, 5) is 28.3. The third-order valence-electron chi connectivity index (χ3n) is 8.08. The lowest BCUT2D eigenvalue weighted by Gasteiger charge is -2.36. The van der Waals surface area contributed by atoms with Crippen LogP contribution in [-0.2, 0) is 17.6 Å². The van der Waals surface area contributed by atoms with E-state index in [-0.39, 0.29) is 17.7 Å². The summed E-state index contributed by atoms with van der Waals surface area (Å²) in [6, 6.07) is 17.9. The molecule has 2 aromatic carbocycles. The Hall–Kier alpha value is -3.34. The van der Waals surface area contributed by atoms with Crippen LogP contribution in [0.25, 0.3) is 11.3 Å². The number of para-hydroxylation sites is 1. The van der Waals surface area contributed by atoms with Gasteiger partial charge in [0, 0.05) is 18.5 Å². The number of aryl methyl sites for hydroxylation is 1. The summed E-state index contributed by atoms with van der Waals surface area (Å²) in [5, 5.41) is 0. The standard InChI is InChI=1S/C33H39NO4/c1-3-8-24-21-32(38-22-24)27-14-12-23(13-15-27)17-25-18-26(19-25)20-30(35)29-10-7-16-34(29)33(36)28-9-5-6-11-31(28)37-4-2/h5-6,9,11-15,21-22,25-26,29H,3-4,7-8,10,16-20H2,1-2H3/t25?,26?,29-/m0/s1. The number of rotatable bonds is 11. The Labute approximate surface area is 226 Å². The second-order valence-corrected chi connectivity index (χ2v) is 10.9. The lowest BCUT2D eigenvalue weighted by Crippen LogP contribution is -2.42. The third-order valence-corrected chi connectivity index (χ3v) is 8.08. The van der Waals surface area contributed by atoms with Crippen molar-refractivity contribution in [3.05, 3.63) is 77.6 Å². The molecule has 0 unspecified atom stereocenters. The number of benzene rings is 2. The number of furan rings is 1. The van der Waals surface area contributed by atoms with Gasteiger partial charge in [0.25, 0.3) is 5.91 Å². The van der Waals surface area contributed by atoms with Crippen molar-refractivity contribution in [1.29, 1.82) is 0 Å². The van der Waals surface area contributed by atoms with Crippen molar-refractivity contribution in [3.8, 4) is 17.1 Å². The number of carbonyl (C=O) groups is 2. The molecule has 1 saturated heterocycles. The molecule has 38 heavy (non-hydrogen) atoms. The van der Waals surface area contributed by atoms with E-state index in [1.165, 1.54) is 11.1 Å². The van der Waals surface area contributed by atoms with Crippen molar-refractivity contribution >= 4 is 11.7 Å². The quantitative estimate of drug-likeness (QED) is 0.274. The third kappa shape index (κ3) is 5.87. The van der Waals surface area contributed by atoms with Crippen molar-refractivity contribution in [1.82, 2.24) is 4.90 Å². The number of carbonyl (C=O) groups excluding carboxylic acids is 2. The van der Waals surface area contributed by atoms with Crippen molar-refractivity contribution in [2.45, 2.75) is 71.3 Å². The lowest BCUT2D eigenvalue weighted by molar-refractivity contribution is -0.124. The van der Waals surface area contributed by atoms with E-state index < -0.39 is 0 Å². The number of Topliss-reactive ketones (excluding diaryl/α,β-unsaturated/α-hetero) is 1. The Morgan fingerprint density at radius 1 is 1.00 bits per heavy atom. The number of ketones is 1. The van der Waals surface area contributed by atoms with E-state index in [1.807, 2.05) is 31.4 Å². The average Bonchev–Trinajstić information content (AvgIpc) is 3.58. The molecule has 1 aromatic heterocycles. The molecule has 1 atom stereocenters. The van der Waals surface area contributed by atoms with Crippen LogP contribution < -0.4 is 4.74 Å². The minimum atomic E-state index is -0.303. The van der Waals surface area contributed by atoms with Gasteiger partial charge in [-0.05, 0) is 86.6 Å². The highest BCUT2D eigenvalue weighted by atomic mass is 16.5. The maximum absolute atomic E-state index is 13.3. The van der Waals surface area contributed by atoms with Crippen molar-refractivity contribution in [2.75, 3.05) is 13.2 Å². The topological polar surface area (TPSA) is 59.8 Å². The first-order chi connectivity index (χ1) is 18.6. The van der Waals surface area contributed by atoms with Crippen LogP contribution in [-0.4, -0.2) is 35.8 Å². The minimum absolute atomic E-state index is 0.0871. The van der Waals surface area contributed by atoms with Gasteiger partial charge in [-0.15, -0.1) is 0 Å². The number of likely N-dealkylation sites (tertiary alicyclic amines) is 1. The molecule has 2 fully saturated rings. The second kappa shape index (κ2) is 12.0. The molecule has 1 saturated carbocycles. The number of hydrogen-bond acceptors (Lipinski definition) is 4. The van der Waals surface area contributed by atoms with E-state index >= 15 is 0 Å². The first-order valence-electron chi connectivity index (χ1n) is 14.3. The molecule has 2 aliphatic rings. The monoisotopic (exact) mass is 513 g/mol. The van der Waals surface area contributed by atoms with E-state index in [9.17, 15) is 9.59 Å². The van der Waals surface area contributed by atoms with Crippen LogP contribution >= 0.6 is 0 Å². The first-order valence-corrected chi connectivity index (χ1v) is 14.3. The SMILES string of the molecule is CCCc1coc(-c2ccc(CC3CC(CC(=O)[C@@H]4CCCN4C(=O)c4ccccc4OCC)C3)cc2)c1. The van der Waals surface area contributed by atoms with Gasteiger partial charge in [-0.2, -0.15) is 0 Å². The molecule has 1 aliphatic heterocycles. The first kappa shape index (κ1) is 26.3. The van der Waals surface area contributed by atoms with Crippen LogP contribution in [0.3, 0.4) is 0 Å². The molecule has 3 aromatic rings. The van der Waals surface area contributed by atoms with Crippen molar-refractivity contribution < 1.29 is 18.7 Å². The Morgan fingerprint density at radius 2 is 1.79 bits per heavy atom. The molecule has 200 valence electrons. The Bertz CT molecular complexity index is 1240. The summed E-state index contributed by atoms with van der Waals surface area (Å²) in [6.07, 6.45) is 9.46. The fourth-order valence-electron chi connectivity index (χ4n) is 6.14. The largest absolute Gasteiger partial charge is 0.493 e. The zero-order chi connectivity index (χ0) is 26.5. The van der Waals surface area contributed by atoms with Gasteiger partial charge in [0.2, 0.25) is 0 Å². The number of hydrogen-bond donors (Lipinski definition) is 0. The van der Waals surface area contributed by atoms with Crippen molar-refractivity contribution in [2.24, 2.45) is 11.8 Å². The van der Waals surface area contributed by atoms with Gasteiger partial charge in [0.05, 0.1) is 24.5 Å². The van der Waals surface area contributed by atoms with Gasteiger partial charge in [0.15, 0.2) is 5.78 Å². The van der Waals surface area contributed by atoms with Gasteiger partial charge in [0.1, 0.15) is 11.5 Å². The average molecular weight is 514 g/mol. The van der Waals surface area contributed by atoms with E-state index in [1.54, 1.807) is 11.0 Å². The maximum atomic E-state index is 13.3. The molecule has 1 amide bonds. The predicted molar refractivity (Wildman–Crippen MR) is 149 cm³/mol. The Morgan fingerprint density at radius 3 is 2.55 bits per heavy atom. The Balaban J connectivity index is 1.11. The molecular formula is C33H39NO4. The van der Waals surface area contributed by atoms with Crippen LogP contribution in [0.1, 0.15) is 73.9 Å². The molecule has 0 bridgehead atoms. The van der Waals surface area contributed by atoms with E-state index in [0.29, 0.717) is 42.7 Å². The highest BCUT2D eigenvalue weighted by Crippen LogP contribution is 2.40. The molecule has 5 rings (SSSR count). The molecule has 1 aliphatic carbocycles. The zero-order valence-electron chi connectivity index (χ0n) is 22.7. The van der Waals surface area contributed by atoms with E-state index in [4.69, 9.17) is 9.15 Å². The summed E-state index contributed by atoms with van der Waals surface area (Å²) in [5.74, 6) is 2.72. The van der Waals surface area contributed by atoms with Crippen LogP contribution in [0.15, 0.2) is 65.3 Å². The van der Waals surface area contributed by atoms with Gasteiger partial charge in [-0.25, -0.2) is 0 Å². The predicted octanol–water partition coefficient (Wildman–Crippen LogP) is 7.13. The number of ether oxygens (including phenoxy) is 1. The molecule has 5 heteroatoms. The zero-order valence-corrected chi connectivity index (χ0v) is 22.7. The van der Waals surface area contributed by atoms with Crippen LogP contribution in [0.2, 0.25) is 0 Å². The molecular weight excluding hydrogens is 474 g/mol. The summed E-state index contributed by atoms with van der Waals surface area (Å²) < 4.78 is 11.4. The fourth-order valence-corrected chi connectivity index (χ4v) is 6.14. The molecule has 5 nitrogen and oxygen atoms in total.